The van der Waals surface area contributed by atoms with Crippen LogP contribution < -0.4 is 10.1 Å². The first-order valence-electron chi connectivity index (χ1n) is 8.74. The minimum atomic E-state index is -0.463. The van der Waals surface area contributed by atoms with E-state index in [4.69, 9.17) is 14.2 Å². The van der Waals surface area contributed by atoms with Gasteiger partial charge in [-0.3, -0.25) is 4.79 Å². The van der Waals surface area contributed by atoms with Crippen molar-refractivity contribution in [1.29, 1.82) is 0 Å². The molecule has 24 heavy (non-hydrogen) atoms. The molecule has 2 atom stereocenters. The third-order valence-electron chi connectivity index (χ3n) is 4.30. The Morgan fingerprint density at radius 3 is 2.96 bits per heavy atom. The van der Waals surface area contributed by atoms with Crippen LogP contribution in [-0.2, 0) is 20.7 Å². The Morgan fingerprint density at radius 2 is 2.25 bits per heavy atom. The van der Waals surface area contributed by atoms with E-state index in [-0.39, 0.29) is 12.0 Å². The lowest BCUT2D eigenvalue weighted by molar-refractivity contribution is -0.135. The van der Waals surface area contributed by atoms with Crippen molar-refractivity contribution in [2.24, 2.45) is 0 Å². The summed E-state index contributed by atoms with van der Waals surface area (Å²) >= 11 is 0. The second-order valence-electron chi connectivity index (χ2n) is 6.32. The quantitative estimate of drug-likeness (QED) is 0.793. The number of hydrogen-bond donors (Lipinski definition) is 1. The third-order valence-corrected chi connectivity index (χ3v) is 4.30. The molecular weight excluding hydrogens is 306 g/mol. The first-order valence-corrected chi connectivity index (χ1v) is 8.74. The summed E-state index contributed by atoms with van der Waals surface area (Å²) < 4.78 is 16.6. The van der Waals surface area contributed by atoms with Gasteiger partial charge in [0.1, 0.15) is 11.9 Å². The van der Waals surface area contributed by atoms with Crippen molar-refractivity contribution >= 4 is 5.91 Å². The Labute approximate surface area is 144 Å². The van der Waals surface area contributed by atoms with E-state index in [1.165, 1.54) is 12.0 Å². The van der Waals surface area contributed by atoms with Gasteiger partial charge in [-0.25, -0.2) is 0 Å². The highest BCUT2D eigenvalue weighted by atomic mass is 16.5. The molecule has 0 saturated carbocycles. The lowest BCUT2D eigenvalue weighted by atomic mass is 10.1. The van der Waals surface area contributed by atoms with Crippen molar-refractivity contribution in [3.63, 3.8) is 0 Å². The van der Waals surface area contributed by atoms with Crippen molar-refractivity contribution in [2.45, 2.75) is 51.7 Å². The zero-order valence-electron chi connectivity index (χ0n) is 15.0. The molecule has 1 aromatic carbocycles. The Bertz CT molecular complexity index is 526. The molecule has 0 bridgehead atoms. The fourth-order valence-corrected chi connectivity index (χ4v) is 2.83. The SMILES string of the molecule is COc1ccc(C)cc1CCNC(=O)C(C)OCC1CCCCO1. The van der Waals surface area contributed by atoms with Gasteiger partial charge in [-0.15, -0.1) is 0 Å². The van der Waals surface area contributed by atoms with Crippen LogP contribution in [0.1, 0.15) is 37.3 Å². The predicted molar refractivity (Wildman–Crippen MR) is 93.4 cm³/mol. The Balaban J connectivity index is 1.71. The molecule has 0 aliphatic carbocycles. The van der Waals surface area contributed by atoms with Gasteiger partial charge in [0.15, 0.2) is 0 Å². The lowest BCUT2D eigenvalue weighted by Crippen LogP contribution is -2.37. The number of carbonyl (C=O) groups excluding carboxylic acids is 1. The highest BCUT2D eigenvalue weighted by Crippen LogP contribution is 2.19. The maximum absolute atomic E-state index is 12.1. The van der Waals surface area contributed by atoms with Crippen LogP contribution in [0, 0.1) is 6.92 Å². The second-order valence-corrected chi connectivity index (χ2v) is 6.32. The molecule has 1 aliphatic rings. The molecule has 2 rings (SSSR count). The van der Waals surface area contributed by atoms with Gasteiger partial charge in [0.2, 0.25) is 5.91 Å². The van der Waals surface area contributed by atoms with E-state index < -0.39 is 6.10 Å². The predicted octanol–water partition coefficient (Wildman–Crippen LogP) is 2.64. The molecule has 0 spiro atoms. The highest BCUT2D eigenvalue weighted by Gasteiger charge is 2.18. The number of ether oxygens (including phenoxy) is 3. The molecule has 1 heterocycles. The van der Waals surface area contributed by atoms with Crippen molar-refractivity contribution < 1.29 is 19.0 Å². The van der Waals surface area contributed by atoms with Crippen LogP contribution in [0.3, 0.4) is 0 Å². The van der Waals surface area contributed by atoms with Gasteiger partial charge in [-0.2, -0.15) is 0 Å². The van der Waals surface area contributed by atoms with Gasteiger partial charge in [0.05, 0.1) is 19.8 Å². The van der Waals surface area contributed by atoms with Crippen molar-refractivity contribution in [3.8, 4) is 5.75 Å². The van der Waals surface area contributed by atoms with Crippen molar-refractivity contribution in [1.82, 2.24) is 5.32 Å². The summed E-state index contributed by atoms with van der Waals surface area (Å²) in [5, 5.41) is 2.93. The third kappa shape index (κ3) is 5.80. The standard InChI is InChI=1S/C19H29NO4/c1-14-7-8-18(22-3)16(12-14)9-10-20-19(21)15(2)24-13-17-6-4-5-11-23-17/h7-8,12,15,17H,4-6,9-11,13H2,1-3H3,(H,20,21). The van der Waals surface area contributed by atoms with E-state index in [1.54, 1.807) is 14.0 Å². The molecule has 1 amide bonds. The normalized spacial score (nSPS) is 18.9. The summed E-state index contributed by atoms with van der Waals surface area (Å²) in [5.74, 6) is 0.769. The number of rotatable bonds is 8. The highest BCUT2D eigenvalue weighted by molar-refractivity contribution is 5.80. The molecule has 5 nitrogen and oxygen atoms in total. The summed E-state index contributed by atoms with van der Waals surface area (Å²) in [4.78, 5) is 12.1. The maximum Gasteiger partial charge on any atom is 0.248 e. The topological polar surface area (TPSA) is 56.8 Å². The average molecular weight is 335 g/mol. The molecule has 0 radical (unpaired) electrons. The summed E-state index contributed by atoms with van der Waals surface area (Å²) in [6.45, 7) is 5.68. The van der Waals surface area contributed by atoms with Crippen molar-refractivity contribution in [3.05, 3.63) is 29.3 Å². The van der Waals surface area contributed by atoms with Crippen LogP contribution in [-0.4, -0.2) is 45.0 Å². The van der Waals surface area contributed by atoms with E-state index in [0.29, 0.717) is 13.2 Å². The zero-order chi connectivity index (χ0) is 17.4. The summed E-state index contributed by atoms with van der Waals surface area (Å²) in [7, 11) is 1.66. The summed E-state index contributed by atoms with van der Waals surface area (Å²) in [5.41, 5.74) is 2.28. The van der Waals surface area contributed by atoms with Gasteiger partial charge < -0.3 is 19.5 Å². The van der Waals surface area contributed by atoms with Gasteiger partial charge in [0.25, 0.3) is 0 Å². The molecule has 1 aliphatic heterocycles. The largest absolute Gasteiger partial charge is 0.496 e. The first kappa shape index (κ1) is 18.7. The Morgan fingerprint density at radius 1 is 1.42 bits per heavy atom. The summed E-state index contributed by atoms with van der Waals surface area (Å²) in [6.07, 6.45) is 3.71. The van der Waals surface area contributed by atoms with Crippen LogP contribution in [0.15, 0.2) is 18.2 Å². The maximum atomic E-state index is 12.1. The number of methoxy groups -OCH3 is 1. The van der Waals surface area contributed by atoms with Crippen LogP contribution in [0.4, 0.5) is 0 Å². The van der Waals surface area contributed by atoms with E-state index >= 15 is 0 Å². The molecule has 1 aromatic rings. The number of hydrogen-bond acceptors (Lipinski definition) is 4. The molecule has 2 unspecified atom stereocenters. The van der Waals surface area contributed by atoms with E-state index in [0.717, 1.165) is 37.2 Å². The van der Waals surface area contributed by atoms with E-state index in [9.17, 15) is 4.79 Å². The van der Waals surface area contributed by atoms with E-state index in [1.807, 2.05) is 19.1 Å². The number of aryl methyl sites for hydroxylation is 1. The Hall–Kier alpha value is -1.59. The molecule has 1 saturated heterocycles. The minimum Gasteiger partial charge on any atom is -0.496 e. The monoisotopic (exact) mass is 335 g/mol. The average Bonchev–Trinajstić information content (AvgIpc) is 2.60. The number of amides is 1. The van der Waals surface area contributed by atoms with E-state index in [2.05, 4.69) is 11.4 Å². The van der Waals surface area contributed by atoms with Gasteiger partial charge in [-0.1, -0.05) is 17.7 Å². The van der Waals surface area contributed by atoms with Gasteiger partial charge in [-0.05, 0) is 51.2 Å². The van der Waals surface area contributed by atoms with Crippen LogP contribution in [0.2, 0.25) is 0 Å². The van der Waals surface area contributed by atoms with Crippen molar-refractivity contribution in [2.75, 3.05) is 26.9 Å². The molecule has 1 fully saturated rings. The Kier molecular flexibility index (Phi) is 7.53. The molecule has 1 N–H and O–H groups in total. The molecule has 5 heteroatoms. The number of nitrogens with one attached hydrogen (secondary N) is 1. The second kappa shape index (κ2) is 9.64. The molecule has 0 aromatic heterocycles. The molecular formula is C19H29NO4. The fourth-order valence-electron chi connectivity index (χ4n) is 2.83. The van der Waals surface area contributed by atoms with Crippen LogP contribution in [0.5, 0.6) is 5.75 Å². The summed E-state index contributed by atoms with van der Waals surface area (Å²) in [6, 6.07) is 6.07. The van der Waals surface area contributed by atoms with Crippen LogP contribution in [0.25, 0.3) is 0 Å². The lowest BCUT2D eigenvalue weighted by Gasteiger charge is -2.23. The molecule has 134 valence electrons. The van der Waals surface area contributed by atoms with Gasteiger partial charge >= 0.3 is 0 Å². The number of carbonyl (C=O) groups is 1. The number of benzene rings is 1. The minimum absolute atomic E-state index is 0.0857. The van der Waals surface area contributed by atoms with Crippen LogP contribution >= 0.6 is 0 Å². The smallest absolute Gasteiger partial charge is 0.248 e. The van der Waals surface area contributed by atoms with Gasteiger partial charge in [0, 0.05) is 13.2 Å². The fraction of sp³-hybridized carbons (Fsp3) is 0.632. The first-order chi connectivity index (χ1) is 11.6. The zero-order valence-corrected chi connectivity index (χ0v) is 15.0.